The van der Waals surface area contributed by atoms with Gasteiger partial charge in [0.25, 0.3) is 0 Å². The van der Waals surface area contributed by atoms with Crippen LogP contribution in [0.4, 0.5) is 0 Å². The Hall–Kier alpha value is -2.54. The summed E-state index contributed by atoms with van der Waals surface area (Å²) < 4.78 is 2.43. The third-order valence-corrected chi connectivity index (χ3v) is 4.80. The number of hydrogen-bond acceptors (Lipinski definition) is 0. The molecule has 0 radical (unpaired) electrons. The van der Waals surface area contributed by atoms with E-state index in [0.29, 0.717) is 0 Å². The van der Waals surface area contributed by atoms with Crippen molar-refractivity contribution in [1.82, 2.24) is 4.40 Å². The first-order chi connectivity index (χ1) is 10.7. The van der Waals surface area contributed by atoms with E-state index < -0.39 is 0 Å². The van der Waals surface area contributed by atoms with Gasteiger partial charge in [0, 0.05) is 26.8 Å². The van der Waals surface area contributed by atoms with Crippen molar-refractivity contribution in [3.8, 4) is 0 Å². The second-order valence-electron chi connectivity index (χ2n) is 6.84. The van der Waals surface area contributed by atoms with Crippen LogP contribution in [0, 0.1) is 5.41 Å². The summed E-state index contributed by atoms with van der Waals surface area (Å²) in [5.74, 6) is 0. The van der Waals surface area contributed by atoms with Gasteiger partial charge in [-0.1, -0.05) is 68.5 Å². The summed E-state index contributed by atoms with van der Waals surface area (Å²) in [5, 5.41) is 6.71. The highest BCUT2D eigenvalue weighted by Gasteiger charge is 2.18. The molecule has 0 saturated heterocycles. The van der Waals surface area contributed by atoms with Crippen molar-refractivity contribution in [2.75, 3.05) is 0 Å². The van der Waals surface area contributed by atoms with Crippen molar-refractivity contribution in [1.29, 1.82) is 0 Å². The van der Waals surface area contributed by atoms with Crippen LogP contribution >= 0.6 is 0 Å². The number of benzene rings is 2. The minimum absolute atomic E-state index is 0.0790. The first kappa shape index (κ1) is 12.0. The van der Waals surface area contributed by atoms with Crippen molar-refractivity contribution in [2.24, 2.45) is 5.41 Å². The Balaban J connectivity index is 2.21. The summed E-state index contributed by atoms with van der Waals surface area (Å²) in [5.41, 5.74) is 2.73. The van der Waals surface area contributed by atoms with Gasteiger partial charge in [-0.05, 0) is 12.1 Å². The molecular weight excluding hydrogens is 266 g/mol. The molecule has 0 unspecified atom stereocenters. The van der Waals surface area contributed by atoms with Crippen molar-refractivity contribution < 1.29 is 0 Å². The normalized spacial score (nSPS) is 16.6. The Morgan fingerprint density at radius 1 is 0.864 bits per heavy atom. The SMILES string of the molecule is CC1(C)C=CC=c2c(c3cccc4c5ccccc5n2c34)=C1. The molecule has 1 nitrogen and oxygen atoms in total. The standard InChI is InChI=1S/C21H17N/c1-21(2)12-6-11-19-17(13-21)16-9-5-8-15-14-7-3-4-10-18(14)22(19)20(15)16/h3-13H,1-2H3. The Morgan fingerprint density at radius 3 is 2.55 bits per heavy atom. The largest absolute Gasteiger partial charge is 0.308 e. The third-order valence-electron chi connectivity index (χ3n) is 4.80. The third kappa shape index (κ3) is 1.38. The molecule has 2 aromatic carbocycles. The smallest absolute Gasteiger partial charge is 0.0620 e. The van der Waals surface area contributed by atoms with E-state index in [1.54, 1.807) is 0 Å². The number of hydrogen-bond donors (Lipinski definition) is 0. The van der Waals surface area contributed by atoms with Gasteiger partial charge in [-0.15, -0.1) is 0 Å². The highest BCUT2D eigenvalue weighted by Crippen LogP contribution is 2.30. The molecular formula is C21H17N. The fourth-order valence-corrected chi connectivity index (χ4v) is 3.87. The number of nitrogens with zero attached hydrogens (tertiary/aromatic N) is 1. The predicted octanol–water partition coefficient (Wildman–Crippen LogP) is 3.84. The lowest BCUT2D eigenvalue weighted by molar-refractivity contribution is 0.671. The Morgan fingerprint density at radius 2 is 1.64 bits per heavy atom. The number of aromatic nitrogens is 1. The van der Waals surface area contributed by atoms with Crippen LogP contribution in [0.2, 0.25) is 0 Å². The molecule has 0 fully saturated rings. The van der Waals surface area contributed by atoms with Crippen LogP contribution in [-0.2, 0) is 0 Å². The average Bonchev–Trinajstić information content (AvgIpc) is 2.93. The van der Waals surface area contributed by atoms with Crippen LogP contribution in [0.15, 0.2) is 54.6 Å². The summed E-state index contributed by atoms with van der Waals surface area (Å²) in [7, 11) is 0. The van der Waals surface area contributed by atoms with Crippen LogP contribution < -0.4 is 10.6 Å². The number of fused-ring (bicyclic) bond motifs is 6. The zero-order valence-corrected chi connectivity index (χ0v) is 12.8. The van der Waals surface area contributed by atoms with Crippen molar-refractivity contribution in [3.05, 3.63) is 65.2 Å². The molecule has 1 heteroatoms. The van der Waals surface area contributed by atoms with Crippen LogP contribution in [0.25, 0.3) is 39.3 Å². The lowest BCUT2D eigenvalue weighted by atomic mass is 9.92. The molecule has 2 aromatic heterocycles. The molecule has 0 N–H and O–H groups in total. The fourth-order valence-electron chi connectivity index (χ4n) is 3.87. The van der Waals surface area contributed by atoms with Gasteiger partial charge >= 0.3 is 0 Å². The number of allylic oxidation sites excluding steroid dienone is 2. The Kier molecular flexibility index (Phi) is 2.08. The molecule has 5 rings (SSSR count). The zero-order chi connectivity index (χ0) is 14.9. The lowest BCUT2D eigenvalue weighted by Gasteiger charge is -2.12. The Labute approximate surface area is 128 Å². The summed E-state index contributed by atoms with van der Waals surface area (Å²) in [6, 6.07) is 15.4. The quantitative estimate of drug-likeness (QED) is 0.462. The Bertz CT molecular complexity index is 1190. The van der Waals surface area contributed by atoms with E-state index in [4.69, 9.17) is 0 Å². The molecule has 22 heavy (non-hydrogen) atoms. The molecule has 0 atom stereocenters. The van der Waals surface area contributed by atoms with Gasteiger partial charge in [-0.2, -0.15) is 0 Å². The number of para-hydroxylation sites is 2. The van der Waals surface area contributed by atoms with Gasteiger partial charge in [0.1, 0.15) is 0 Å². The predicted molar refractivity (Wildman–Crippen MR) is 94.7 cm³/mol. The minimum Gasteiger partial charge on any atom is -0.308 e. The molecule has 106 valence electrons. The van der Waals surface area contributed by atoms with Crippen LogP contribution in [0.3, 0.4) is 0 Å². The maximum atomic E-state index is 2.43. The van der Waals surface area contributed by atoms with E-state index in [1.165, 1.54) is 37.8 Å². The van der Waals surface area contributed by atoms with E-state index in [1.807, 2.05) is 0 Å². The zero-order valence-electron chi connectivity index (χ0n) is 12.8. The molecule has 1 aliphatic rings. The van der Waals surface area contributed by atoms with E-state index in [0.717, 1.165) is 0 Å². The highest BCUT2D eigenvalue weighted by atomic mass is 14.9. The minimum atomic E-state index is 0.0790. The van der Waals surface area contributed by atoms with Gasteiger partial charge < -0.3 is 4.40 Å². The van der Waals surface area contributed by atoms with Crippen LogP contribution in [0.5, 0.6) is 0 Å². The lowest BCUT2D eigenvalue weighted by Crippen LogP contribution is -2.26. The van der Waals surface area contributed by atoms with E-state index >= 15 is 0 Å². The van der Waals surface area contributed by atoms with E-state index in [9.17, 15) is 0 Å². The van der Waals surface area contributed by atoms with Crippen LogP contribution in [0.1, 0.15) is 13.8 Å². The van der Waals surface area contributed by atoms with Gasteiger partial charge in [0.2, 0.25) is 0 Å². The van der Waals surface area contributed by atoms with Crippen molar-refractivity contribution >= 4 is 39.3 Å². The monoisotopic (exact) mass is 283 g/mol. The molecule has 0 bridgehead atoms. The van der Waals surface area contributed by atoms with Gasteiger partial charge in [-0.25, -0.2) is 0 Å². The van der Waals surface area contributed by atoms with Gasteiger partial charge in [0.05, 0.1) is 16.4 Å². The molecule has 1 aliphatic carbocycles. The maximum Gasteiger partial charge on any atom is 0.0620 e. The highest BCUT2D eigenvalue weighted by molar-refractivity contribution is 6.14. The second-order valence-corrected chi connectivity index (χ2v) is 6.84. The van der Waals surface area contributed by atoms with Gasteiger partial charge in [0.15, 0.2) is 0 Å². The molecule has 0 saturated carbocycles. The summed E-state index contributed by atoms with van der Waals surface area (Å²) in [6.07, 6.45) is 9.13. The van der Waals surface area contributed by atoms with Crippen molar-refractivity contribution in [3.63, 3.8) is 0 Å². The molecule has 0 amide bonds. The topological polar surface area (TPSA) is 4.41 Å². The first-order valence-corrected chi connectivity index (χ1v) is 7.81. The average molecular weight is 283 g/mol. The second kappa shape index (κ2) is 3.80. The summed E-state index contributed by atoms with van der Waals surface area (Å²) in [4.78, 5) is 0. The number of rotatable bonds is 0. The van der Waals surface area contributed by atoms with E-state index in [-0.39, 0.29) is 5.41 Å². The molecule has 0 aliphatic heterocycles. The van der Waals surface area contributed by atoms with Crippen molar-refractivity contribution in [2.45, 2.75) is 13.8 Å². The summed E-state index contributed by atoms with van der Waals surface area (Å²) in [6.45, 7) is 4.53. The fraction of sp³-hybridized carbons (Fsp3) is 0.143. The van der Waals surface area contributed by atoms with Crippen LogP contribution in [-0.4, -0.2) is 4.40 Å². The summed E-state index contributed by atoms with van der Waals surface area (Å²) >= 11 is 0. The molecule has 0 spiro atoms. The maximum absolute atomic E-state index is 2.43. The van der Waals surface area contributed by atoms with E-state index in [2.05, 4.69) is 85.0 Å². The molecule has 4 aromatic rings. The van der Waals surface area contributed by atoms with Gasteiger partial charge in [-0.3, -0.25) is 0 Å². The first-order valence-electron chi connectivity index (χ1n) is 7.81. The molecule has 2 heterocycles.